The summed E-state index contributed by atoms with van der Waals surface area (Å²) in [7, 11) is 0. The molecule has 2 heterocycles. The van der Waals surface area contributed by atoms with Gasteiger partial charge in [-0.1, -0.05) is 0 Å². The maximum Gasteiger partial charge on any atom is 0.328 e. The van der Waals surface area contributed by atoms with Crippen molar-refractivity contribution >= 4 is 23.8 Å². The van der Waals surface area contributed by atoms with Crippen molar-refractivity contribution in [1.82, 2.24) is 10.6 Å². The van der Waals surface area contributed by atoms with Crippen LogP contribution in [0.4, 0.5) is 0 Å². The highest BCUT2D eigenvalue weighted by molar-refractivity contribution is 5.88. The van der Waals surface area contributed by atoms with Crippen LogP contribution in [-0.4, -0.2) is 47.0 Å². The van der Waals surface area contributed by atoms with Gasteiger partial charge in [0.1, 0.15) is 12.1 Å². The number of carboxylic acid groups (broad SMARTS) is 1. The number of rotatable bonds is 3. The topological polar surface area (TPSA) is 122 Å². The van der Waals surface area contributed by atoms with E-state index in [1.165, 1.54) is 0 Å². The average molecular weight is 300 g/mol. The lowest BCUT2D eigenvalue weighted by molar-refractivity contribution is -0.150. The molecule has 0 aromatic rings. The predicted molar refractivity (Wildman–Crippen MR) is 71.2 cm³/mol. The molecule has 0 saturated carbocycles. The lowest BCUT2D eigenvalue weighted by Gasteiger charge is -2.12. The highest BCUT2D eigenvalue weighted by Gasteiger charge is 2.28. The number of esters is 1. The van der Waals surface area contributed by atoms with Crippen molar-refractivity contribution in [3.05, 3.63) is 0 Å². The predicted octanol–water partition coefficient (Wildman–Crippen LogP) is -0.434. The minimum absolute atomic E-state index is 0.0688. The van der Waals surface area contributed by atoms with Gasteiger partial charge < -0.3 is 20.5 Å². The summed E-state index contributed by atoms with van der Waals surface area (Å²) >= 11 is 0. The summed E-state index contributed by atoms with van der Waals surface area (Å²) in [6.45, 7) is 3.57. The molecule has 21 heavy (non-hydrogen) atoms. The van der Waals surface area contributed by atoms with E-state index >= 15 is 0 Å². The maximum absolute atomic E-state index is 11.2. The zero-order chi connectivity index (χ0) is 16.0. The lowest BCUT2D eigenvalue weighted by Crippen LogP contribution is -2.35. The Morgan fingerprint density at radius 2 is 1.57 bits per heavy atom. The first-order valence-electron chi connectivity index (χ1n) is 6.81. The molecule has 0 aromatic carbocycles. The van der Waals surface area contributed by atoms with Crippen molar-refractivity contribution in [3.63, 3.8) is 0 Å². The van der Waals surface area contributed by atoms with Gasteiger partial charge in [-0.3, -0.25) is 9.59 Å². The molecule has 2 aliphatic heterocycles. The zero-order valence-corrected chi connectivity index (χ0v) is 12.0. The Labute approximate surface area is 122 Å². The number of carbonyl (C=O) groups is 4. The fraction of sp³-hybridized carbons (Fsp3) is 0.692. The van der Waals surface area contributed by atoms with Crippen LogP contribution in [0.2, 0.25) is 0 Å². The Morgan fingerprint density at radius 1 is 1.10 bits per heavy atom. The van der Waals surface area contributed by atoms with E-state index in [4.69, 9.17) is 9.84 Å². The monoisotopic (exact) mass is 300 g/mol. The Balaban J connectivity index is 0.000000219. The molecule has 0 radical (unpaired) electrons. The summed E-state index contributed by atoms with van der Waals surface area (Å²) in [6, 6.07) is -1.06. The molecule has 2 fully saturated rings. The van der Waals surface area contributed by atoms with Gasteiger partial charge in [-0.2, -0.15) is 0 Å². The van der Waals surface area contributed by atoms with Crippen molar-refractivity contribution < 1.29 is 29.0 Å². The van der Waals surface area contributed by atoms with E-state index < -0.39 is 18.1 Å². The summed E-state index contributed by atoms with van der Waals surface area (Å²) in [5, 5.41) is 13.2. The highest BCUT2D eigenvalue weighted by atomic mass is 16.5. The molecule has 0 spiro atoms. The van der Waals surface area contributed by atoms with E-state index in [2.05, 4.69) is 10.6 Å². The van der Waals surface area contributed by atoms with Crippen LogP contribution in [0.3, 0.4) is 0 Å². The second kappa shape index (κ2) is 7.61. The van der Waals surface area contributed by atoms with Gasteiger partial charge in [0.15, 0.2) is 0 Å². The lowest BCUT2D eigenvalue weighted by atomic mass is 10.2. The third kappa shape index (κ3) is 5.80. The fourth-order valence-electron chi connectivity index (χ4n) is 1.90. The molecule has 3 N–H and O–H groups in total. The molecule has 118 valence electrons. The summed E-state index contributed by atoms with van der Waals surface area (Å²) < 4.78 is 4.93. The number of amides is 2. The number of nitrogens with one attached hydrogen (secondary N) is 2. The van der Waals surface area contributed by atoms with Crippen molar-refractivity contribution in [2.75, 3.05) is 0 Å². The fourth-order valence-corrected chi connectivity index (χ4v) is 1.90. The molecule has 2 amide bonds. The summed E-state index contributed by atoms with van der Waals surface area (Å²) in [6.07, 6.45) is 1.64. The average Bonchev–Trinajstić information content (AvgIpc) is 2.98. The molecule has 8 heteroatoms. The Hall–Kier alpha value is -2.12. The number of hydrogen-bond acceptors (Lipinski definition) is 5. The van der Waals surface area contributed by atoms with Gasteiger partial charge in [0, 0.05) is 12.8 Å². The van der Waals surface area contributed by atoms with Gasteiger partial charge in [-0.25, -0.2) is 9.59 Å². The Bertz CT molecular complexity index is 434. The molecule has 0 bridgehead atoms. The number of aliphatic carboxylic acids is 1. The van der Waals surface area contributed by atoms with Crippen LogP contribution in [0.25, 0.3) is 0 Å². The summed E-state index contributed by atoms with van der Waals surface area (Å²) in [5.74, 6) is -1.50. The molecule has 2 aliphatic rings. The first kappa shape index (κ1) is 16.9. The Kier molecular flexibility index (Phi) is 6.13. The molecule has 2 rings (SSSR count). The Morgan fingerprint density at radius 3 is 1.86 bits per heavy atom. The van der Waals surface area contributed by atoms with Gasteiger partial charge >= 0.3 is 11.9 Å². The third-order valence-electron chi connectivity index (χ3n) is 2.93. The number of ether oxygens (including phenoxy) is 1. The summed E-state index contributed by atoms with van der Waals surface area (Å²) in [5.41, 5.74) is 0. The minimum atomic E-state index is -0.944. The van der Waals surface area contributed by atoms with Gasteiger partial charge in [-0.05, 0) is 26.7 Å². The van der Waals surface area contributed by atoms with Crippen LogP contribution >= 0.6 is 0 Å². The van der Waals surface area contributed by atoms with Crippen LogP contribution in [0, 0.1) is 0 Å². The van der Waals surface area contributed by atoms with Crippen molar-refractivity contribution in [2.24, 2.45) is 0 Å². The van der Waals surface area contributed by atoms with E-state index in [1.54, 1.807) is 13.8 Å². The first-order valence-corrected chi connectivity index (χ1v) is 6.81. The molecule has 0 unspecified atom stereocenters. The standard InChI is InChI=1S/C8H13NO3.C5H7NO3/c1-5(2)12-8(11)6-3-4-7(10)9-6;7-4-2-1-3(6-4)5(8)9/h5-6H,3-4H2,1-2H3,(H,9,10);3H,1-2H2,(H,6,7)(H,8,9)/t6-;3-/m00/s1. The molecule has 0 aromatic heterocycles. The first-order chi connectivity index (χ1) is 9.79. The molecular weight excluding hydrogens is 280 g/mol. The van der Waals surface area contributed by atoms with Gasteiger partial charge in [0.2, 0.25) is 11.8 Å². The molecule has 0 aliphatic carbocycles. The largest absolute Gasteiger partial charge is 0.480 e. The van der Waals surface area contributed by atoms with E-state index in [-0.39, 0.29) is 23.9 Å². The molecule has 2 atom stereocenters. The minimum Gasteiger partial charge on any atom is -0.480 e. The van der Waals surface area contributed by atoms with E-state index in [1.807, 2.05) is 0 Å². The molecule has 2 saturated heterocycles. The van der Waals surface area contributed by atoms with Crippen molar-refractivity contribution in [1.29, 1.82) is 0 Å². The van der Waals surface area contributed by atoms with Crippen LogP contribution in [0.15, 0.2) is 0 Å². The third-order valence-corrected chi connectivity index (χ3v) is 2.93. The maximum atomic E-state index is 11.2. The number of carbonyl (C=O) groups excluding carboxylic acids is 3. The van der Waals surface area contributed by atoms with Crippen molar-refractivity contribution in [2.45, 2.75) is 57.7 Å². The second-order valence-corrected chi connectivity index (χ2v) is 5.14. The number of carboxylic acids is 1. The smallest absolute Gasteiger partial charge is 0.328 e. The zero-order valence-electron chi connectivity index (χ0n) is 12.0. The van der Waals surface area contributed by atoms with Gasteiger partial charge in [-0.15, -0.1) is 0 Å². The molecule has 8 nitrogen and oxygen atoms in total. The normalized spacial score (nSPS) is 24.0. The van der Waals surface area contributed by atoms with Crippen LogP contribution in [-0.2, 0) is 23.9 Å². The number of hydrogen-bond donors (Lipinski definition) is 3. The SMILES string of the molecule is CC(C)OC(=O)[C@@H]1CCC(=O)N1.O=C1CC[C@@H](C(=O)O)N1. The van der Waals surface area contributed by atoms with Gasteiger partial charge in [0.25, 0.3) is 0 Å². The van der Waals surface area contributed by atoms with E-state index in [9.17, 15) is 19.2 Å². The van der Waals surface area contributed by atoms with Gasteiger partial charge in [0.05, 0.1) is 6.10 Å². The van der Waals surface area contributed by atoms with Crippen molar-refractivity contribution in [3.8, 4) is 0 Å². The molecular formula is C13H20N2O6. The van der Waals surface area contributed by atoms with E-state index in [0.717, 1.165) is 0 Å². The second-order valence-electron chi connectivity index (χ2n) is 5.14. The van der Waals surface area contributed by atoms with Crippen LogP contribution in [0.1, 0.15) is 39.5 Å². The van der Waals surface area contributed by atoms with Crippen LogP contribution < -0.4 is 10.6 Å². The quantitative estimate of drug-likeness (QED) is 0.608. The van der Waals surface area contributed by atoms with Crippen LogP contribution in [0.5, 0.6) is 0 Å². The highest BCUT2D eigenvalue weighted by Crippen LogP contribution is 2.08. The summed E-state index contributed by atoms with van der Waals surface area (Å²) in [4.78, 5) is 42.4. The van der Waals surface area contributed by atoms with E-state index in [0.29, 0.717) is 25.7 Å².